The molecule has 20 heavy (non-hydrogen) atoms. The van der Waals surface area contributed by atoms with Gasteiger partial charge in [-0.25, -0.2) is 9.37 Å². The van der Waals surface area contributed by atoms with E-state index in [2.05, 4.69) is 16.4 Å². The van der Waals surface area contributed by atoms with Gasteiger partial charge in [-0.2, -0.15) is 0 Å². The molecule has 0 aliphatic carbocycles. The lowest BCUT2D eigenvalue weighted by Gasteiger charge is -2.12. The Kier molecular flexibility index (Phi) is 3.59. The SMILES string of the molecule is CC(Nc1ccc(F)c(Cl)c1)c1nc2ccccc2s1. The number of hydrogen-bond acceptors (Lipinski definition) is 3. The monoisotopic (exact) mass is 306 g/mol. The standard InChI is InChI=1S/C15H12ClFN2S/c1-9(18-10-6-7-12(17)11(16)8-10)15-19-13-4-2-3-5-14(13)20-15/h2-9,18H,1H3. The van der Waals surface area contributed by atoms with Crippen molar-refractivity contribution in [3.05, 3.63) is 58.3 Å². The molecule has 0 fully saturated rings. The Morgan fingerprint density at radius 1 is 1.25 bits per heavy atom. The van der Waals surface area contributed by atoms with E-state index in [1.807, 2.05) is 25.1 Å². The highest BCUT2D eigenvalue weighted by Gasteiger charge is 2.12. The van der Waals surface area contributed by atoms with Gasteiger partial charge in [0.2, 0.25) is 0 Å². The number of fused-ring (bicyclic) bond motifs is 1. The fourth-order valence-electron chi connectivity index (χ4n) is 1.97. The Morgan fingerprint density at radius 2 is 2.05 bits per heavy atom. The molecule has 0 aliphatic rings. The van der Waals surface area contributed by atoms with E-state index in [-0.39, 0.29) is 11.1 Å². The molecule has 0 bridgehead atoms. The Labute approximate surface area is 125 Å². The van der Waals surface area contributed by atoms with Crippen molar-refractivity contribution in [1.82, 2.24) is 4.98 Å². The maximum atomic E-state index is 13.1. The molecule has 0 aliphatic heterocycles. The maximum absolute atomic E-state index is 13.1. The third-order valence-electron chi connectivity index (χ3n) is 2.98. The van der Waals surface area contributed by atoms with Crippen LogP contribution in [0.4, 0.5) is 10.1 Å². The molecule has 0 saturated heterocycles. The topological polar surface area (TPSA) is 24.9 Å². The van der Waals surface area contributed by atoms with Crippen LogP contribution < -0.4 is 5.32 Å². The summed E-state index contributed by atoms with van der Waals surface area (Å²) in [6.45, 7) is 2.02. The quantitative estimate of drug-likeness (QED) is 0.713. The highest BCUT2D eigenvalue weighted by Crippen LogP contribution is 2.29. The summed E-state index contributed by atoms with van der Waals surface area (Å²) in [6, 6.07) is 12.7. The van der Waals surface area contributed by atoms with Gasteiger partial charge in [0.05, 0.1) is 21.3 Å². The molecule has 1 atom stereocenters. The van der Waals surface area contributed by atoms with Crippen LogP contribution in [-0.2, 0) is 0 Å². The molecule has 1 N–H and O–H groups in total. The molecule has 5 heteroatoms. The number of halogens is 2. The van der Waals surface area contributed by atoms with Crippen LogP contribution >= 0.6 is 22.9 Å². The second-order valence-electron chi connectivity index (χ2n) is 4.51. The van der Waals surface area contributed by atoms with Crippen molar-refractivity contribution in [2.75, 3.05) is 5.32 Å². The Balaban J connectivity index is 1.84. The minimum absolute atomic E-state index is 0.0360. The number of thiazole rings is 1. The number of rotatable bonds is 3. The number of nitrogens with zero attached hydrogens (tertiary/aromatic N) is 1. The molecule has 0 radical (unpaired) electrons. The van der Waals surface area contributed by atoms with Crippen molar-refractivity contribution in [2.45, 2.75) is 13.0 Å². The molecule has 1 aromatic heterocycles. The molecule has 2 aromatic carbocycles. The molecule has 3 aromatic rings. The molecule has 1 unspecified atom stereocenters. The summed E-state index contributed by atoms with van der Waals surface area (Å²) < 4.78 is 14.3. The minimum Gasteiger partial charge on any atom is -0.376 e. The van der Waals surface area contributed by atoms with E-state index in [0.717, 1.165) is 20.9 Å². The molecule has 3 rings (SSSR count). The second kappa shape index (κ2) is 5.38. The largest absolute Gasteiger partial charge is 0.376 e. The van der Waals surface area contributed by atoms with E-state index in [9.17, 15) is 4.39 Å². The van der Waals surface area contributed by atoms with Crippen LogP contribution in [0.2, 0.25) is 5.02 Å². The van der Waals surface area contributed by atoms with Gasteiger partial charge in [0.15, 0.2) is 0 Å². The summed E-state index contributed by atoms with van der Waals surface area (Å²) in [6.07, 6.45) is 0. The number of aromatic nitrogens is 1. The molecular weight excluding hydrogens is 295 g/mol. The van der Waals surface area contributed by atoms with E-state index >= 15 is 0 Å². The van der Waals surface area contributed by atoms with Crippen molar-refractivity contribution in [3.63, 3.8) is 0 Å². The van der Waals surface area contributed by atoms with E-state index in [4.69, 9.17) is 11.6 Å². The van der Waals surface area contributed by atoms with Crippen LogP contribution in [0.15, 0.2) is 42.5 Å². The molecule has 2 nitrogen and oxygen atoms in total. The van der Waals surface area contributed by atoms with Crippen molar-refractivity contribution < 1.29 is 4.39 Å². The average Bonchev–Trinajstić information content (AvgIpc) is 2.87. The van der Waals surface area contributed by atoms with E-state index < -0.39 is 5.82 Å². The van der Waals surface area contributed by atoms with Gasteiger partial charge in [0, 0.05) is 5.69 Å². The first-order chi connectivity index (χ1) is 9.63. The van der Waals surface area contributed by atoms with E-state index in [0.29, 0.717) is 0 Å². The van der Waals surface area contributed by atoms with Gasteiger partial charge in [0.1, 0.15) is 10.8 Å². The van der Waals surface area contributed by atoms with Gasteiger partial charge in [-0.3, -0.25) is 0 Å². The molecule has 0 spiro atoms. The van der Waals surface area contributed by atoms with Gasteiger partial charge >= 0.3 is 0 Å². The Hall–Kier alpha value is -1.65. The van der Waals surface area contributed by atoms with Gasteiger partial charge in [-0.1, -0.05) is 23.7 Å². The van der Waals surface area contributed by atoms with Gasteiger partial charge < -0.3 is 5.32 Å². The fraction of sp³-hybridized carbons (Fsp3) is 0.133. The number of hydrogen-bond donors (Lipinski definition) is 1. The van der Waals surface area contributed by atoms with Crippen LogP contribution in [0, 0.1) is 5.82 Å². The lowest BCUT2D eigenvalue weighted by atomic mass is 10.2. The summed E-state index contributed by atoms with van der Waals surface area (Å²) in [5, 5.41) is 4.39. The first kappa shape index (κ1) is 13.3. The number of para-hydroxylation sites is 1. The van der Waals surface area contributed by atoms with Crippen LogP contribution in [0.1, 0.15) is 18.0 Å². The smallest absolute Gasteiger partial charge is 0.141 e. The Morgan fingerprint density at radius 3 is 2.80 bits per heavy atom. The lowest BCUT2D eigenvalue weighted by molar-refractivity contribution is 0.628. The fourth-order valence-corrected chi connectivity index (χ4v) is 3.12. The normalized spacial score (nSPS) is 12.6. The van der Waals surface area contributed by atoms with E-state index in [1.54, 1.807) is 23.5 Å². The summed E-state index contributed by atoms with van der Waals surface area (Å²) in [4.78, 5) is 4.60. The maximum Gasteiger partial charge on any atom is 0.141 e. The molecule has 0 amide bonds. The van der Waals surface area contributed by atoms with Crippen molar-refractivity contribution in [3.8, 4) is 0 Å². The zero-order valence-electron chi connectivity index (χ0n) is 10.7. The van der Waals surface area contributed by atoms with Crippen molar-refractivity contribution in [2.24, 2.45) is 0 Å². The highest BCUT2D eigenvalue weighted by atomic mass is 35.5. The lowest BCUT2D eigenvalue weighted by Crippen LogP contribution is -2.06. The van der Waals surface area contributed by atoms with Gasteiger partial charge in [0.25, 0.3) is 0 Å². The summed E-state index contributed by atoms with van der Waals surface area (Å²) in [5.41, 5.74) is 1.78. The number of nitrogens with one attached hydrogen (secondary N) is 1. The summed E-state index contributed by atoms with van der Waals surface area (Å²) >= 11 is 7.43. The third kappa shape index (κ3) is 2.62. The first-order valence-corrected chi connectivity index (χ1v) is 7.40. The summed E-state index contributed by atoms with van der Waals surface area (Å²) in [5.74, 6) is -0.412. The molecule has 1 heterocycles. The van der Waals surface area contributed by atoms with Crippen LogP contribution in [0.5, 0.6) is 0 Å². The van der Waals surface area contributed by atoms with Crippen molar-refractivity contribution in [1.29, 1.82) is 0 Å². The van der Waals surface area contributed by atoms with Gasteiger partial charge in [-0.15, -0.1) is 11.3 Å². The minimum atomic E-state index is -0.412. The zero-order chi connectivity index (χ0) is 14.1. The molecule has 0 saturated carbocycles. The number of benzene rings is 2. The predicted molar refractivity (Wildman–Crippen MR) is 83.1 cm³/mol. The van der Waals surface area contributed by atoms with E-state index in [1.165, 1.54) is 6.07 Å². The second-order valence-corrected chi connectivity index (χ2v) is 5.98. The predicted octanol–water partition coefficient (Wildman–Crippen LogP) is 5.26. The third-order valence-corrected chi connectivity index (χ3v) is 4.49. The highest BCUT2D eigenvalue weighted by molar-refractivity contribution is 7.18. The van der Waals surface area contributed by atoms with Crippen LogP contribution in [0.25, 0.3) is 10.2 Å². The number of anilines is 1. The first-order valence-electron chi connectivity index (χ1n) is 6.20. The molecule has 102 valence electrons. The van der Waals surface area contributed by atoms with Gasteiger partial charge in [-0.05, 0) is 37.3 Å². The molecular formula is C15H12ClFN2S. The summed E-state index contributed by atoms with van der Waals surface area (Å²) in [7, 11) is 0. The van der Waals surface area contributed by atoms with Crippen LogP contribution in [-0.4, -0.2) is 4.98 Å². The zero-order valence-corrected chi connectivity index (χ0v) is 12.3. The Bertz CT molecular complexity index is 723. The van der Waals surface area contributed by atoms with Crippen molar-refractivity contribution >= 4 is 38.8 Å². The average molecular weight is 307 g/mol. The van der Waals surface area contributed by atoms with Crippen LogP contribution in [0.3, 0.4) is 0 Å².